The number of hydrogen-bond acceptors (Lipinski definition) is 7. The molecule has 3 aromatic heterocycles. The first-order chi connectivity index (χ1) is 11.2. The summed E-state index contributed by atoms with van der Waals surface area (Å²) in [5, 5.41) is 12.0. The average molecular weight is 364 g/mol. The normalized spacial score (nSPS) is 10.4. The largest absolute Gasteiger partial charge is 0.302 e. The Hall–Kier alpha value is -2.10. The molecule has 0 saturated carbocycles. The molecular weight excluding hydrogens is 352 g/mol. The van der Waals surface area contributed by atoms with Gasteiger partial charge in [0.1, 0.15) is 0 Å². The molecule has 0 unspecified atom stereocenters. The second kappa shape index (κ2) is 7.44. The van der Waals surface area contributed by atoms with E-state index in [1.165, 1.54) is 22.7 Å². The standard InChI is InChI=1S/C14H12N4O2S3/c19-11(17-13-15-3-5-22-13)6-9-8-23-14(16-9)18-12(20)7-10-2-1-4-21-10/h1-5,8H,6-7H2,(H,15,17,19)(H,16,18,20). The van der Waals surface area contributed by atoms with Crippen LogP contribution in [0.1, 0.15) is 10.6 Å². The van der Waals surface area contributed by atoms with Gasteiger partial charge in [-0.2, -0.15) is 0 Å². The monoisotopic (exact) mass is 364 g/mol. The molecule has 0 aliphatic carbocycles. The molecule has 0 atom stereocenters. The number of thiazole rings is 2. The van der Waals surface area contributed by atoms with Crippen LogP contribution >= 0.6 is 34.0 Å². The number of nitrogens with one attached hydrogen (secondary N) is 2. The smallest absolute Gasteiger partial charge is 0.232 e. The molecule has 0 radical (unpaired) electrons. The van der Waals surface area contributed by atoms with Crippen molar-refractivity contribution in [2.45, 2.75) is 12.8 Å². The Kier molecular flexibility index (Phi) is 5.11. The molecule has 0 aliphatic heterocycles. The van der Waals surface area contributed by atoms with E-state index in [0.717, 1.165) is 4.88 Å². The summed E-state index contributed by atoms with van der Waals surface area (Å²) in [5.74, 6) is -0.290. The highest BCUT2D eigenvalue weighted by Crippen LogP contribution is 2.18. The minimum absolute atomic E-state index is 0.111. The van der Waals surface area contributed by atoms with E-state index in [4.69, 9.17) is 0 Å². The zero-order valence-electron chi connectivity index (χ0n) is 11.8. The van der Waals surface area contributed by atoms with Crippen molar-refractivity contribution in [2.75, 3.05) is 10.6 Å². The van der Waals surface area contributed by atoms with Gasteiger partial charge in [0.2, 0.25) is 11.8 Å². The van der Waals surface area contributed by atoms with Gasteiger partial charge in [-0.25, -0.2) is 9.97 Å². The summed E-state index contributed by atoms with van der Waals surface area (Å²) in [6, 6.07) is 3.83. The Bertz CT molecular complexity index is 716. The molecule has 0 saturated heterocycles. The number of aromatic nitrogens is 2. The van der Waals surface area contributed by atoms with Crippen molar-refractivity contribution < 1.29 is 9.59 Å². The number of rotatable bonds is 6. The summed E-state index contributed by atoms with van der Waals surface area (Å²) < 4.78 is 0. The lowest BCUT2D eigenvalue weighted by Gasteiger charge is -2.00. The highest BCUT2D eigenvalue weighted by atomic mass is 32.1. The maximum atomic E-state index is 11.9. The van der Waals surface area contributed by atoms with Crippen LogP contribution in [-0.2, 0) is 22.4 Å². The van der Waals surface area contributed by atoms with Gasteiger partial charge in [-0.1, -0.05) is 6.07 Å². The summed E-state index contributed by atoms with van der Waals surface area (Å²) in [5.41, 5.74) is 0.621. The van der Waals surface area contributed by atoms with Crippen LogP contribution in [0.25, 0.3) is 0 Å². The van der Waals surface area contributed by atoms with E-state index >= 15 is 0 Å². The van der Waals surface area contributed by atoms with Gasteiger partial charge in [-0.3, -0.25) is 9.59 Å². The van der Waals surface area contributed by atoms with Crippen molar-refractivity contribution in [3.8, 4) is 0 Å². The van der Waals surface area contributed by atoms with Crippen LogP contribution < -0.4 is 10.6 Å². The maximum Gasteiger partial charge on any atom is 0.232 e. The summed E-state index contributed by atoms with van der Waals surface area (Å²) in [7, 11) is 0. The fourth-order valence-electron chi connectivity index (χ4n) is 1.79. The fraction of sp³-hybridized carbons (Fsp3) is 0.143. The van der Waals surface area contributed by atoms with E-state index in [1.54, 1.807) is 28.3 Å². The molecule has 0 bridgehead atoms. The van der Waals surface area contributed by atoms with E-state index in [2.05, 4.69) is 20.6 Å². The Morgan fingerprint density at radius 1 is 1.00 bits per heavy atom. The first kappa shape index (κ1) is 15.8. The van der Waals surface area contributed by atoms with Crippen molar-refractivity contribution in [3.05, 3.63) is 45.0 Å². The third-order valence-corrected chi connectivity index (χ3v) is 5.10. The Balaban J connectivity index is 1.51. The van der Waals surface area contributed by atoms with E-state index < -0.39 is 0 Å². The third kappa shape index (κ3) is 4.68. The zero-order valence-corrected chi connectivity index (χ0v) is 14.3. The number of hydrogen-bond donors (Lipinski definition) is 2. The van der Waals surface area contributed by atoms with Crippen molar-refractivity contribution in [2.24, 2.45) is 0 Å². The molecule has 2 N–H and O–H groups in total. The van der Waals surface area contributed by atoms with Crippen LogP contribution in [0.4, 0.5) is 10.3 Å². The Labute approximate surface area is 144 Å². The quantitative estimate of drug-likeness (QED) is 0.704. The van der Waals surface area contributed by atoms with Crippen LogP contribution in [0.2, 0.25) is 0 Å². The van der Waals surface area contributed by atoms with Crippen molar-refractivity contribution in [1.82, 2.24) is 9.97 Å². The molecule has 0 aromatic carbocycles. The van der Waals surface area contributed by atoms with Gasteiger partial charge in [0.05, 0.1) is 18.5 Å². The topological polar surface area (TPSA) is 84.0 Å². The average Bonchev–Trinajstić information content (AvgIpc) is 3.22. The zero-order chi connectivity index (χ0) is 16.1. The molecule has 0 aliphatic rings. The van der Waals surface area contributed by atoms with Crippen molar-refractivity contribution in [1.29, 1.82) is 0 Å². The van der Waals surface area contributed by atoms with Crippen LogP contribution in [0.15, 0.2) is 34.5 Å². The van der Waals surface area contributed by atoms with Gasteiger partial charge < -0.3 is 10.6 Å². The van der Waals surface area contributed by atoms with Gasteiger partial charge in [0.15, 0.2) is 10.3 Å². The number of nitrogens with zero attached hydrogens (tertiary/aromatic N) is 2. The lowest BCUT2D eigenvalue weighted by Crippen LogP contribution is -2.15. The number of thiophene rings is 1. The van der Waals surface area contributed by atoms with E-state index in [-0.39, 0.29) is 18.2 Å². The number of carbonyl (C=O) groups excluding carboxylic acids is 2. The summed E-state index contributed by atoms with van der Waals surface area (Å²) in [4.78, 5) is 33.0. The van der Waals surface area contributed by atoms with Gasteiger partial charge in [-0.15, -0.1) is 34.0 Å². The minimum Gasteiger partial charge on any atom is -0.302 e. The summed E-state index contributed by atoms with van der Waals surface area (Å²) >= 11 is 4.21. The van der Waals surface area contributed by atoms with Gasteiger partial charge >= 0.3 is 0 Å². The molecule has 6 nitrogen and oxygen atoms in total. The van der Waals surface area contributed by atoms with E-state index in [1.807, 2.05) is 17.5 Å². The van der Waals surface area contributed by atoms with E-state index in [0.29, 0.717) is 22.4 Å². The third-order valence-electron chi connectivity index (χ3n) is 2.73. The SMILES string of the molecule is O=C(Cc1csc(NC(=O)Cc2cccs2)n1)Nc1nccs1. The molecule has 3 rings (SSSR count). The lowest BCUT2D eigenvalue weighted by molar-refractivity contribution is -0.116. The molecule has 23 heavy (non-hydrogen) atoms. The molecule has 3 heterocycles. The molecule has 0 spiro atoms. The maximum absolute atomic E-state index is 11.9. The number of amides is 2. The Morgan fingerprint density at radius 2 is 1.83 bits per heavy atom. The van der Waals surface area contributed by atoms with Gasteiger partial charge in [0.25, 0.3) is 0 Å². The molecule has 9 heteroatoms. The predicted molar refractivity (Wildman–Crippen MR) is 93.2 cm³/mol. The first-order valence-electron chi connectivity index (χ1n) is 6.65. The van der Waals surface area contributed by atoms with Crippen LogP contribution in [0.3, 0.4) is 0 Å². The van der Waals surface area contributed by atoms with Crippen LogP contribution in [0, 0.1) is 0 Å². The number of carbonyl (C=O) groups is 2. The second-order valence-electron chi connectivity index (χ2n) is 4.51. The van der Waals surface area contributed by atoms with Crippen LogP contribution in [0.5, 0.6) is 0 Å². The molecule has 2 amide bonds. The summed E-state index contributed by atoms with van der Waals surface area (Å²) in [6.07, 6.45) is 2.11. The minimum atomic E-state index is -0.179. The fourth-order valence-corrected chi connectivity index (χ4v) is 3.77. The van der Waals surface area contributed by atoms with E-state index in [9.17, 15) is 9.59 Å². The molecule has 118 valence electrons. The predicted octanol–water partition coefficient (Wildman–Crippen LogP) is 3.02. The molecular formula is C14H12N4O2S3. The second-order valence-corrected chi connectivity index (χ2v) is 7.30. The number of anilines is 2. The van der Waals surface area contributed by atoms with Crippen LogP contribution in [-0.4, -0.2) is 21.8 Å². The highest BCUT2D eigenvalue weighted by molar-refractivity contribution is 7.14. The van der Waals surface area contributed by atoms with Gasteiger partial charge in [0, 0.05) is 21.8 Å². The summed E-state index contributed by atoms with van der Waals surface area (Å²) in [6.45, 7) is 0. The van der Waals surface area contributed by atoms with Crippen molar-refractivity contribution in [3.63, 3.8) is 0 Å². The molecule has 0 fully saturated rings. The molecule has 3 aromatic rings. The van der Waals surface area contributed by atoms with Gasteiger partial charge in [-0.05, 0) is 11.4 Å². The Morgan fingerprint density at radius 3 is 2.57 bits per heavy atom. The highest BCUT2D eigenvalue weighted by Gasteiger charge is 2.11. The lowest BCUT2D eigenvalue weighted by atomic mass is 10.3. The van der Waals surface area contributed by atoms with Crippen molar-refractivity contribution >= 4 is 56.1 Å². The first-order valence-corrected chi connectivity index (χ1v) is 9.29.